The summed E-state index contributed by atoms with van der Waals surface area (Å²) in [6.07, 6.45) is 1.91. The normalized spacial score (nSPS) is 18.2. The zero-order valence-electron chi connectivity index (χ0n) is 21.2. The summed E-state index contributed by atoms with van der Waals surface area (Å²) in [5.41, 5.74) is 5.86. The van der Waals surface area contributed by atoms with Crippen LogP contribution in [0.15, 0.2) is 29.2 Å². The van der Waals surface area contributed by atoms with Crippen molar-refractivity contribution in [2.45, 2.75) is 61.5 Å². The number of aliphatic carboxylic acids is 1. The molecule has 0 radical (unpaired) electrons. The lowest BCUT2D eigenvalue weighted by molar-refractivity contribution is -0.142. The van der Waals surface area contributed by atoms with Crippen molar-refractivity contribution < 1.29 is 27.9 Å². The highest BCUT2D eigenvalue weighted by atomic mass is 32.2. The fourth-order valence-electron chi connectivity index (χ4n) is 4.43. The Morgan fingerprint density at radius 2 is 1.89 bits per heavy atom. The number of amides is 2. The van der Waals surface area contributed by atoms with Crippen molar-refractivity contribution in [2.75, 3.05) is 26.7 Å². The van der Waals surface area contributed by atoms with Crippen molar-refractivity contribution in [3.8, 4) is 6.07 Å². The number of carboxylic acid groups (broad SMARTS) is 1. The first-order chi connectivity index (χ1) is 17.9. The molecule has 2 amide bonds. The molecule has 206 valence electrons. The van der Waals surface area contributed by atoms with Crippen molar-refractivity contribution in [1.82, 2.24) is 19.4 Å². The van der Waals surface area contributed by atoms with Gasteiger partial charge in [0.15, 0.2) is 5.96 Å². The summed E-state index contributed by atoms with van der Waals surface area (Å²) in [5, 5.41) is 25.8. The van der Waals surface area contributed by atoms with Gasteiger partial charge in [-0.3, -0.25) is 19.8 Å². The topological polar surface area (TPSA) is 201 Å². The first-order valence-corrected chi connectivity index (χ1v) is 13.8. The number of carbonyl (C=O) groups is 3. The van der Waals surface area contributed by atoms with E-state index in [1.54, 1.807) is 11.9 Å². The van der Waals surface area contributed by atoms with E-state index in [4.69, 9.17) is 21.5 Å². The molecule has 0 aromatic heterocycles. The molecule has 14 heteroatoms. The van der Waals surface area contributed by atoms with Gasteiger partial charge in [0.05, 0.1) is 29.4 Å². The maximum atomic E-state index is 13.6. The number of nitrogens with two attached hydrogens (primary N) is 1. The van der Waals surface area contributed by atoms with Crippen LogP contribution in [0.5, 0.6) is 0 Å². The van der Waals surface area contributed by atoms with Gasteiger partial charge in [-0.25, -0.2) is 8.42 Å². The Morgan fingerprint density at radius 3 is 2.45 bits per heavy atom. The molecular formula is C24H33N7O6S. The monoisotopic (exact) mass is 547 g/mol. The predicted octanol–water partition coefficient (Wildman–Crippen LogP) is -0.123. The third kappa shape index (κ3) is 7.42. The summed E-state index contributed by atoms with van der Waals surface area (Å²) < 4.78 is 28.7. The van der Waals surface area contributed by atoms with Gasteiger partial charge in [-0.05, 0) is 49.9 Å². The van der Waals surface area contributed by atoms with Crippen LogP contribution in [-0.4, -0.2) is 96.8 Å². The fourth-order valence-corrected chi connectivity index (χ4v) is 5.62. The van der Waals surface area contributed by atoms with Crippen LogP contribution in [-0.2, 0) is 24.4 Å². The molecule has 2 fully saturated rings. The van der Waals surface area contributed by atoms with Crippen molar-refractivity contribution in [1.29, 1.82) is 10.7 Å². The van der Waals surface area contributed by atoms with Gasteiger partial charge in [-0.1, -0.05) is 0 Å². The van der Waals surface area contributed by atoms with Gasteiger partial charge in [0.1, 0.15) is 6.04 Å². The summed E-state index contributed by atoms with van der Waals surface area (Å²) in [5.74, 6) is -2.34. The van der Waals surface area contributed by atoms with Gasteiger partial charge in [0.2, 0.25) is 21.8 Å². The molecule has 1 aromatic carbocycles. The number of carboxylic acids is 1. The highest BCUT2D eigenvalue weighted by Gasteiger charge is 2.39. The Kier molecular flexibility index (Phi) is 9.29. The molecular weight excluding hydrogens is 514 g/mol. The van der Waals surface area contributed by atoms with Gasteiger partial charge in [-0.15, -0.1) is 0 Å². The van der Waals surface area contributed by atoms with Crippen LogP contribution in [0.2, 0.25) is 0 Å². The molecule has 38 heavy (non-hydrogen) atoms. The first-order valence-electron chi connectivity index (χ1n) is 12.3. The van der Waals surface area contributed by atoms with Crippen LogP contribution in [0.1, 0.15) is 44.1 Å². The second-order valence-corrected chi connectivity index (χ2v) is 11.3. The maximum Gasteiger partial charge on any atom is 0.305 e. The van der Waals surface area contributed by atoms with E-state index in [-0.39, 0.29) is 41.5 Å². The first kappa shape index (κ1) is 28.9. The number of nitrogens with one attached hydrogen (secondary N) is 2. The predicted molar refractivity (Wildman–Crippen MR) is 136 cm³/mol. The quantitative estimate of drug-likeness (QED) is 0.215. The number of likely N-dealkylation sites (N-methyl/N-ethyl adjacent to an activating group) is 1. The molecule has 0 bridgehead atoms. The van der Waals surface area contributed by atoms with E-state index < -0.39 is 40.3 Å². The number of sulfonamides is 1. The minimum Gasteiger partial charge on any atom is -0.481 e. The molecule has 3 rings (SSSR count). The van der Waals surface area contributed by atoms with Gasteiger partial charge in [-0.2, -0.15) is 9.98 Å². The number of hydrogen-bond acceptors (Lipinski definition) is 7. The van der Waals surface area contributed by atoms with Gasteiger partial charge < -0.3 is 25.5 Å². The Morgan fingerprint density at radius 1 is 1.24 bits per heavy atom. The summed E-state index contributed by atoms with van der Waals surface area (Å²) in [7, 11) is -2.70. The van der Waals surface area contributed by atoms with Crippen molar-refractivity contribution in [3.05, 3.63) is 29.8 Å². The van der Waals surface area contributed by atoms with Crippen LogP contribution in [0.4, 0.5) is 0 Å². The number of benzene rings is 1. The Bertz CT molecular complexity index is 1210. The molecule has 0 spiro atoms. The molecule has 1 aromatic rings. The molecule has 0 unspecified atom stereocenters. The second-order valence-electron chi connectivity index (χ2n) is 9.55. The fraction of sp³-hybridized carbons (Fsp3) is 0.542. The number of hydrogen-bond donors (Lipinski definition) is 4. The van der Waals surface area contributed by atoms with Crippen LogP contribution in [0.25, 0.3) is 0 Å². The van der Waals surface area contributed by atoms with Crippen LogP contribution in [0, 0.1) is 16.7 Å². The van der Waals surface area contributed by atoms with E-state index >= 15 is 0 Å². The molecule has 1 aliphatic carbocycles. The molecule has 1 heterocycles. The van der Waals surface area contributed by atoms with Crippen LogP contribution < -0.4 is 10.5 Å². The molecule has 1 saturated carbocycles. The van der Waals surface area contributed by atoms with Crippen LogP contribution >= 0.6 is 0 Å². The summed E-state index contributed by atoms with van der Waals surface area (Å²) in [6, 6.07) is 5.08. The molecule has 5 N–H and O–H groups in total. The number of nitrogens with zero attached hydrogens (tertiary/aromatic N) is 4. The average Bonchev–Trinajstić information content (AvgIpc) is 3.73. The Labute approximate surface area is 221 Å². The number of nitriles is 1. The number of likely N-dealkylation sites (tertiary alicyclic amines) is 1. The number of carbonyl (C=O) groups excluding carboxylic acids is 2. The summed E-state index contributed by atoms with van der Waals surface area (Å²) in [6.45, 7) is 0.841. The Hall–Kier alpha value is -3.70. The number of rotatable bonds is 11. The molecule has 1 saturated heterocycles. The minimum absolute atomic E-state index is 0.0997. The van der Waals surface area contributed by atoms with Crippen molar-refractivity contribution in [3.63, 3.8) is 0 Å². The zero-order chi connectivity index (χ0) is 28.0. The SMILES string of the molecule is CN(C(=O)C[C@H](NS(=O)(=O)c1ccc(C#N)cc1)C(=O)N(CCC(=O)O)C1CC1)[C@H]1CCCN(C(=N)N)C1. The van der Waals surface area contributed by atoms with Crippen molar-refractivity contribution >= 4 is 33.8 Å². The Balaban J connectivity index is 1.83. The number of guanidine groups is 1. The molecule has 2 aliphatic rings. The van der Waals surface area contributed by atoms with Gasteiger partial charge in [0.25, 0.3) is 0 Å². The maximum absolute atomic E-state index is 13.6. The second kappa shape index (κ2) is 12.2. The summed E-state index contributed by atoms with van der Waals surface area (Å²) >= 11 is 0. The molecule has 13 nitrogen and oxygen atoms in total. The minimum atomic E-state index is -4.26. The lowest BCUT2D eigenvalue weighted by Gasteiger charge is -2.38. The van der Waals surface area contributed by atoms with E-state index in [1.165, 1.54) is 34.1 Å². The molecule has 1 aliphatic heterocycles. The highest BCUT2D eigenvalue weighted by Crippen LogP contribution is 2.28. The largest absolute Gasteiger partial charge is 0.481 e. The summed E-state index contributed by atoms with van der Waals surface area (Å²) in [4.78, 5) is 42.3. The third-order valence-corrected chi connectivity index (χ3v) is 8.27. The smallest absolute Gasteiger partial charge is 0.305 e. The van der Waals surface area contributed by atoms with E-state index in [0.717, 1.165) is 0 Å². The zero-order valence-corrected chi connectivity index (χ0v) is 22.0. The van der Waals surface area contributed by atoms with Crippen molar-refractivity contribution in [2.24, 2.45) is 5.73 Å². The number of piperidine rings is 1. The third-order valence-electron chi connectivity index (χ3n) is 6.78. The lowest BCUT2D eigenvalue weighted by atomic mass is 10.0. The van der Waals surface area contributed by atoms with E-state index in [9.17, 15) is 22.8 Å². The van der Waals surface area contributed by atoms with Gasteiger partial charge >= 0.3 is 5.97 Å². The lowest BCUT2D eigenvalue weighted by Crippen LogP contribution is -2.54. The average molecular weight is 548 g/mol. The van der Waals surface area contributed by atoms with Crippen LogP contribution in [0.3, 0.4) is 0 Å². The highest BCUT2D eigenvalue weighted by molar-refractivity contribution is 7.89. The standard InChI is InChI=1S/C24H33N7O6S/c1-29(18-3-2-11-30(15-18)24(26)27)21(32)13-20(23(35)31(17-6-7-17)12-10-22(33)34)28-38(36,37)19-8-4-16(14-25)5-9-19/h4-5,8-9,17-18,20,28H,2-3,6-7,10-13,15H2,1H3,(H3,26,27)(H,33,34)/t18-,20-/m0/s1. The van der Waals surface area contributed by atoms with E-state index in [2.05, 4.69) is 4.72 Å². The van der Waals surface area contributed by atoms with Gasteiger partial charge in [0, 0.05) is 38.8 Å². The van der Waals surface area contributed by atoms with E-state index in [1.807, 2.05) is 6.07 Å². The molecule has 2 atom stereocenters. The van der Waals surface area contributed by atoms with E-state index in [0.29, 0.717) is 38.8 Å².